The first-order valence-corrected chi connectivity index (χ1v) is 7.92. The van der Waals surface area contributed by atoms with Gasteiger partial charge < -0.3 is 9.47 Å². The lowest BCUT2D eigenvalue weighted by Gasteiger charge is -2.18. The smallest absolute Gasteiger partial charge is 0.334 e. The van der Waals surface area contributed by atoms with Gasteiger partial charge >= 0.3 is 5.97 Å². The Hall–Kier alpha value is -2.46. The first kappa shape index (κ1) is 16.4. The standard InChI is InChI=1S/C20H19FO3/c1-14-18(11-12-23-13-15-5-3-2-4-6-15)19(24-20(14)22)16-7-9-17(21)10-8-16/h2-10,18-19H,1,11-13H2/t18-,19-/m1/s1. The summed E-state index contributed by atoms with van der Waals surface area (Å²) in [6, 6.07) is 15.9. The van der Waals surface area contributed by atoms with Crippen molar-refractivity contribution in [1.82, 2.24) is 0 Å². The molecule has 1 fully saturated rings. The zero-order chi connectivity index (χ0) is 16.9. The third-order valence-corrected chi connectivity index (χ3v) is 4.19. The number of cyclic esters (lactones) is 1. The van der Waals surface area contributed by atoms with E-state index in [4.69, 9.17) is 9.47 Å². The molecular formula is C20H19FO3. The quantitative estimate of drug-likeness (QED) is 0.453. The number of rotatable bonds is 6. The molecule has 2 atom stereocenters. The highest BCUT2D eigenvalue weighted by atomic mass is 19.1. The molecule has 1 aliphatic heterocycles. The van der Waals surface area contributed by atoms with Gasteiger partial charge in [-0.1, -0.05) is 49.0 Å². The molecule has 1 heterocycles. The predicted molar refractivity (Wildman–Crippen MR) is 88.6 cm³/mol. The van der Waals surface area contributed by atoms with Gasteiger partial charge in [0, 0.05) is 18.1 Å². The van der Waals surface area contributed by atoms with Gasteiger partial charge in [0.15, 0.2) is 0 Å². The fourth-order valence-corrected chi connectivity index (χ4v) is 2.86. The van der Waals surface area contributed by atoms with Gasteiger partial charge in [-0.05, 0) is 29.7 Å². The Kier molecular flexibility index (Phi) is 5.06. The molecule has 124 valence electrons. The van der Waals surface area contributed by atoms with Crippen molar-refractivity contribution < 1.29 is 18.7 Å². The first-order chi connectivity index (χ1) is 11.6. The largest absolute Gasteiger partial charge is 0.453 e. The van der Waals surface area contributed by atoms with Crippen molar-refractivity contribution in [1.29, 1.82) is 0 Å². The van der Waals surface area contributed by atoms with E-state index in [-0.39, 0.29) is 11.7 Å². The Bertz CT molecular complexity index is 709. The van der Waals surface area contributed by atoms with E-state index in [0.29, 0.717) is 25.2 Å². The number of benzene rings is 2. The lowest BCUT2D eigenvalue weighted by molar-refractivity contribution is -0.139. The fourth-order valence-electron chi connectivity index (χ4n) is 2.86. The Morgan fingerprint density at radius 3 is 2.50 bits per heavy atom. The summed E-state index contributed by atoms with van der Waals surface area (Å²) in [6.07, 6.45) is 0.199. The molecule has 3 nitrogen and oxygen atoms in total. The second kappa shape index (κ2) is 7.41. The van der Waals surface area contributed by atoms with Crippen molar-refractivity contribution in [3.8, 4) is 0 Å². The maximum atomic E-state index is 13.1. The van der Waals surface area contributed by atoms with E-state index < -0.39 is 12.1 Å². The average molecular weight is 326 g/mol. The minimum Gasteiger partial charge on any atom is -0.453 e. The summed E-state index contributed by atoms with van der Waals surface area (Å²) in [6.45, 7) is 4.86. The second-order valence-corrected chi connectivity index (χ2v) is 5.84. The third kappa shape index (κ3) is 3.71. The summed E-state index contributed by atoms with van der Waals surface area (Å²) in [4.78, 5) is 11.9. The van der Waals surface area contributed by atoms with Crippen LogP contribution in [0, 0.1) is 11.7 Å². The Morgan fingerprint density at radius 1 is 1.08 bits per heavy atom. The fraction of sp³-hybridized carbons (Fsp3) is 0.250. The van der Waals surface area contributed by atoms with Crippen LogP contribution in [0.25, 0.3) is 0 Å². The molecule has 2 aromatic rings. The normalized spacial score (nSPS) is 20.2. The molecule has 0 bridgehead atoms. The summed E-state index contributed by atoms with van der Waals surface area (Å²) in [5, 5.41) is 0. The Morgan fingerprint density at radius 2 is 1.79 bits per heavy atom. The molecule has 0 spiro atoms. The summed E-state index contributed by atoms with van der Waals surface area (Å²) >= 11 is 0. The van der Waals surface area contributed by atoms with Gasteiger partial charge in [-0.3, -0.25) is 0 Å². The predicted octanol–water partition coefficient (Wildman–Crippen LogP) is 4.20. The van der Waals surface area contributed by atoms with Gasteiger partial charge in [0.25, 0.3) is 0 Å². The molecule has 0 aliphatic carbocycles. The topological polar surface area (TPSA) is 35.5 Å². The van der Waals surface area contributed by atoms with E-state index in [9.17, 15) is 9.18 Å². The zero-order valence-corrected chi connectivity index (χ0v) is 13.3. The Labute approximate surface area is 140 Å². The lowest BCUT2D eigenvalue weighted by atomic mass is 9.90. The molecule has 0 radical (unpaired) electrons. The van der Waals surface area contributed by atoms with Crippen LogP contribution in [0.1, 0.15) is 23.7 Å². The monoisotopic (exact) mass is 326 g/mol. The van der Waals surface area contributed by atoms with E-state index in [1.54, 1.807) is 12.1 Å². The zero-order valence-electron chi connectivity index (χ0n) is 13.3. The minimum absolute atomic E-state index is 0.154. The molecular weight excluding hydrogens is 307 g/mol. The van der Waals surface area contributed by atoms with Crippen molar-refractivity contribution in [3.05, 3.63) is 83.7 Å². The van der Waals surface area contributed by atoms with Crippen LogP contribution in [0.5, 0.6) is 0 Å². The summed E-state index contributed by atoms with van der Waals surface area (Å²) in [5.41, 5.74) is 2.33. The summed E-state index contributed by atoms with van der Waals surface area (Å²) in [5.74, 6) is -0.860. The minimum atomic E-state index is -0.425. The van der Waals surface area contributed by atoms with Crippen LogP contribution in [0.4, 0.5) is 4.39 Å². The third-order valence-electron chi connectivity index (χ3n) is 4.19. The molecule has 0 saturated carbocycles. The molecule has 0 unspecified atom stereocenters. The van der Waals surface area contributed by atoms with Gasteiger partial charge in [-0.2, -0.15) is 0 Å². The molecule has 24 heavy (non-hydrogen) atoms. The highest BCUT2D eigenvalue weighted by Gasteiger charge is 2.39. The molecule has 2 aromatic carbocycles. The van der Waals surface area contributed by atoms with E-state index >= 15 is 0 Å². The van der Waals surface area contributed by atoms with Crippen LogP contribution in [-0.4, -0.2) is 12.6 Å². The number of carbonyl (C=O) groups is 1. The van der Waals surface area contributed by atoms with Crippen molar-refractivity contribution in [2.24, 2.45) is 5.92 Å². The van der Waals surface area contributed by atoms with Crippen molar-refractivity contribution in [2.45, 2.75) is 19.1 Å². The molecule has 1 aliphatic rings. The maximum absolute atomic E-state index is 13.1. The second-order valence-electron chi connectivity index (χ2n) is 5.84. The number of hydrogen-bond acceptors (Lipinski definition) is 3. The van der Waals surface area contributed by atoms with Gasteiger partial charge in [-0.25, -0.2) is 9.18 Å². The number of esters is 1. The van der Waals surface area contributed by atoms with E-state index in [2.05, 4.69) is 6.58 Å². The van der Waals surface area contributed by atoms with Crippen LogP contribution < -0.4 is 0 Å². The lowest BCUT2D eigenvalue weighted by Crippen LogP contribution is -2.12. The molecule has 1 saturated heterocycles. The van der Waals surface area contributed by atoms with Crippen LogP contribution >= 0.6 is 0 Å². The van der Waals surface area contributed by atoms with Crippen molar-refractivity contribution >= 4 is 5.97 Å². The van der Waals surface area contributed by atoms with Gasteiger partial charge in [-0.15, -0.1) is 0 Å². The number of halogens is 1. The molecule has 3 rings (SSSR count). The molecule has 0 aromatic heterocycles. The SMILES string of the molecule is C=C1C(=O)O[C@H](c2ccc(F)cc2)[C@@H]1CCOCc1ccccc1. The van der Waals surface area contributed by atoms with Crippen LogP contribution in [-0.2, 0) is 20.9 Å². The highest BCUT2D eigenvalue weighted by Crippen LogP contribution is 2.40. The molecule has 0 amide bonds. The molecule has 4 heteroatoms. The van der Waals surface area contributed by atoms with Crippen molar-refractivity contribution in [2.75, 3.05) is 6.61 Å². The van der Waals surface area contributed by atoms with Gasteiger partial charge in [0.1, 0.15) is 11.9 Å². The average Bonchev–Trinajstić information content (AvgIpc) is 2.88. The number of hydrogen-bond donors (Lipinski definition) is 0. The van der Waals surface area contributed by atoms with E-state index in [1.165, 1.54) is 12.1 Å². The Balaban J connectivity index is 1.60. The van der Waals surface area contributed by atoms with E-state index in [1.807, 2.05) is 30.3 Å². The van der Waals surface area contributed by atoms with Gasteiger partial charge in [0.05, 0.1) is 6.61 Å². The van der Waals surface area contributed by atoms with Crippen molar-refractivity contribution in [3.63, 3.8) is 0 Å². The molecule has 0 N–H and O–H groups in total. The van der Waals surface area contributed by atoms with Gasteiger partial charge in [0.2, 0.25) is 0 Å². The van der Waals surface area contributed by atoms with Crippen LogP contribution in [0.2, 0.25) is 0 Å². The van der Waals surface area contributed by atoms with E-state index in [0.717, 1.165) is 11.1 Å². The number of ether oxygens (including phenoxy) is 2. The summed E-state index contributed by atoms with van der Waals surface area (Å²) < 4.78 is 24.2. The first-order valence-electron chi connectivity index (χ1n) is 7.92. The number of carbonyl (C=O) groups excluding carboxylic acids is 1. The van der Waals surface area contributed by atoms with Crippen LogP contribution in [0.15, 0.2) is 66.7 Å². The van der Waals surface area contributed by atoms with Crippen LogP contribution in [0.3, 0.4) is 0 Å². The maximum Gasteiger partial charge on any atom is 0.334 e. The highest BCUT2D eigenvalue weighted by molar-refractivity contribution is 5.90. The summed E-state index contributed by atoms with van der Waals surface area (Å²) in [7, 11) is 0.